The highest BCUT2D eigenvalue weighted by molar-refractivity contribution is 6.04. The Morgan fingerprint density at radius 2 is 1.84 bits per heavy atom. The normalized spacial score (nSPS) is 13.2. The maximum absolute atomic E-state index is 6.12. The highest BCUT2D eigenvalue weighted by atomic mass is 16.3. The van der Waals surface area contributed by atoms with Crippen molar-refractivity contribution in [2.75, 3.05) is 6.54 Å². The Labute approximate surface area is 113 Å². The summed E-state index contributed by atoms with van der Waals surface area (Å²) in [5.74, 6) is 1.04. The van der Waals surface area contributed by atoms with E-state index in [0.29, 0.717) is 6.04 Å². The summed E-state index contributed by atoms with van der Waals surface area (Å²) < 4.78 is 6.12. The van der Waals surface area contributed by atoms with Gasteiger partial charge in [0.15, 0.2) is 0 Å². The predicted molar refractivity (Wildman–Crippen MR) is 80.4 cm³/mol. The zero-order chi connectivity index (χ0) is 13.2. The molecule has 0 aliphatic carbocycles. The molecule has 0 radical (unpaired) electrons. The molecule has 0 amide bonds. The van der Waals surface area contributed by atoms with Gasteiger partial charge in [-0.1, -0.05) is 50.2 Å². The largest absolute Gasteiger partial charge is 0.459 e. The standard InChI is InChI=1S/C17H19NO/c1-3-15(18-4-2)16-11-13-10-9-12-7-5-6-8-14(12)17(13)19-16/h5-11,15,18H,3-4H2,1-2H3. The summed E-state index contributed by atoms with van der Waals surface area (Å²) in [6.07, 6.45) is 1.03. The smallest absolute Gasteiger partial charge is 0.142 e. The Kier molecular flexibility index (Phi) is 3.26. The number of nitrogens with one attached hydrogen (secondary N) is 1. The molecule has 0 saturated heterocycles. The molecule has 1 unspecified atom stereocenters. The van der Waals surface area contributed by atoms with Crippen LogP contribution in [0.25, 0.3) is 21.7 Å². The third-order valence-corrected chi connectivity index (χ3v) is 3.63. The van der Waals surface area contributed by atoms with Crippen molar-refractivity contribution in [1.82, 2.24) is 5.32 Å². The molecule has 3 aromatic rings. The number of rotatable bonds is 4. The lowest BCUT2D eigenvalue weighted by molar-refractivity contribution is 0.429. The van der Waals surface area contributed by atoms with Gasteiger partial charge in [-0.05, 0) is 24.4 Å². The van der Waals surface area contributed by atoms with E-state index in [4.69, 9.17) is 4.42 Å². The van der Waals surface area contributed by atoms with E-state index in [-0.39, 0.29) is 0 Å². The molecular formula is C17H19NO. The quantitative estimate of drug-likeness (QED) is 0.732. The van der Waals surface area contributed by atoms with Crippen molar-refractivity contribution in [3.05, 3.63) is 48.2 Å². The number of hydrogen-bond donors (Lipinski definition) is 1. The molecule has 0 saturated carbocycles. The van der Waals surface area contributed by atoms with Gasteiger partial charge in [-0.3, -0.25) is 0 Å². The average molecular weight is 253 g/mol. The first-order valence-corrected chi connectivity index (χ1v) is 6.98. The summed E-state index contributed by atoms with van der Waals surface area (Å²) in [4.78, 5) is 0. The molecule has 0 aliphatic rings. The van der Waals surface area contributed by atoms with Crippen molar-refractivity contribution in [2.24, 2.45) is 0 Å². The van der Waals surface area contributed by atoms with Gasteiger partial charge in [-0.2, -0.15) is 0 Å². The highest BCUT2D eigenvalue weighted by Crippen LogP contribution is 2.31. The van der Waals surface area contributed by atoms with Gasteiger partial charge in [-0.25, -0.2) is 0 Å². The van der Waals surface area contributed by atoms with Crippen LogP contribution in [0.2, 0.25) is 0 Å². The molecule has 2 aromatic carbocycles. The van der Waals surface area contributed by atoms with Crippen LogP contribution in [0, 0.1) is 0 Å². The lowest BCUT2D eigenvalue weighted by atomic mass is 10.1. The number of hydrogen-bond acceptors (Lipinski definition) is 2. The average Bonchev–Trinajstić information content (AvgIpc) is 2.89. The van der Waals surface area contributed by atoms with Gasteiger partial charge >= 0.3 is 0 Å². The fraction of sp³-hybridized carbons (Fsp3) is 0.294. The molecule has 98 valence electrons. The SMILES string of the molecule is CCNC(CC)c1cc2ccc3ccccc3c2o1. The molecule has 1 aromatic heterocycles. The molecule has 0 aliphatic heterocycles. The maximum Gasteiger partial charge on any atom is 0.142 e. The Morgan fingerprint density at radius 3 is 2.63 bits per heavy atom. The van der Waals surface area contributed by atoms with Crippen molar-refractivity contribution >= 4 is 21.7 Å². The molecule has 0 bridgehead atoms. The Morgan fingerprint density at radius 1 is 1.05 bits per heavy atom. The van der Waals surface area contributed by atoms with Crippen LogP contribution in [-0.2, 0) is 0 Å². The van der Waals surface area contributed by atoms with Gasteiger partial charge < -0.3 is 9.73 Å². The van der Waals surface area contributed by atoms with E-state index in [1.807, 2.05) is 0 Å². The molecule has 0 spiro atoms. The van der Waals surface area contributed by atoms with E-state index in [0.717, 1.165) is 24.3 Å². The second-order valence-electron chi connectivity index (χ2n) is 4.87. The monoisotopic (exact) mass is 253 g/mol. The Bertz CT molecular complexity index is 699. The van der Waals surface area contributed by atoms with Crippen LogP contribution in [0.1, 0.15) is 32.1 Å². The van der Waals surface area contributed by atoms with Crippen LogP contribution in [0.5, 0.6) is 0 Å². The molecule has 19 heavy (non-hydrogen) atoms. The Balaban J connectivity index is 2.17. The molecular weight excluding hydrogens is 234 g/mol. The van der Waals surface area contributed by atoms with Crippen LogP contribution in [0.15, 0.2) is 46.9 Å². The van der Waals surface area contributed by atoms with Crippen LogP contribution in [0.4, 0.5) is 0 Å². The molecule has 1 N–H and O–H groups in total. The summed E-state index contributed by atoms with van der Waals surface area (Å²) >= 11 is 0. The topological polar surface area (TPSA) is 25.2 Å². The third kappa shape index (κ3) is 2.13. The zero-order valence-electron chi connectivity index (χ0n) is 11.4. The van der Waals surface area contributed by atoms with Crippen LogP contribution in [0.3, 0.4) is 0 Å². The lowest BCUT2D eigenvalue weighted by Crippen LogP contribution is -2.19. The summed E-state index contributed by atoms with van der Waals surface area (Å²) in [5, 5.41) is 7.07. The number of fused-ring (bicyclic) bond motifs is 3. The highest BCUT2D eigenvalue weighted by Gasteiger charge is 2.14. The first-order chi connectivity index (χ1) is 9.33. The maximum atomic E-state index is 6.12. The summed E-state index contributed by atoms with van der Waals surface area (Å²) in [6.45, 7) is 5.26. The molecule has 2 nitrogen and oxygen atoms in total. The molecule has 0 fully saturated rings. The van der Waals surface area contributed by atoms with Gasteiger partial charge in [0.05, 0.1) is 6.04 Å². The van der Waals surface area contributed by atoms with Gasteiger partial charge in [0, 0.05) is 10.8 Å². The minimum Gasteiger partial charge on any atom is -0.459 e. The first kappa shape index (κ1) is 12.2. The minimum absolute atomic E-state index is 0.302. The van der Waals surface area contributed by atoms with E-state index in [1.54, 1.807) is 0 Å². The second kappa shape index (κ2) is 5.06. The predicted octanol–water partition coefficient (Wildman–Crippen LogP) is 4.65. The van der Waals surface area contributed by atoms with E-state index >= 15 is 0 Å². The van der Waals surface area contributed by atoms with Gasteiger partial charge in [0.25, 0.3) is 0 Å². The van der Waals surface area contributed by atoms with Gasteiger partial charge in [-0.15, -0.1) is 0 Å². The Hall–Kier alpha value is -1.80. The van der Waals surface area contributed by atoms with E-state index in [1.165, 1.54) is 16.2 Å². The minimum atomic E-state index is 0.302. The van der Waals surface area contributed by atoms with Crippen LogP contribution < -0.4 is 5.32 Å². The molecule has 1 heterocycles. The van der Waals surface area contributed by atoms with Crippen molar-refractivity contribution in [3.63, 3.8) is 0 Å². The second-order valence-corrected chi connectivity index (χ2v) is 4.87. The number of benzene rings is 2. The van der Waals surface area contributed by atoms with Crippen LogP contribution in [-0.4, -0.2) is 6.54 Å². The fourth-order valence-corrected chi connectivity index (χ4v) is 2.65. The van der Waals surface area contributed by atoms with E-state index < -0.39 is 0 Å². The van der Waals surface area contributed by atoms with Crippen molar-refractivity contribution in [1.29, 1.82) is 0 Å². The van der Waals surface area contributed by atoms with E-state index in [2.05, 4.69) is 61.6 Å². The van der Waals surface area contributed by atoms with Gasteiger partial charge in [0.1, 0.15) is 11.3 Å². The van der Waals surface area contributed by atoms with Crippen molar-refractivity contribution < 1.29 is 4.42 Å². The molecule has 1 atom stereocenters. The zero-order valence-corrected chi connectivity index (χ0v) is 11.4. The van der Waals surface area contributed by atoms with Crippen LogP contribution >= 0.6 is 0 Å². The van der Waals surface area contributed by atoms with Crippen molar-refractivity contribution in [3.8, 4) is 0 Å². The van der Waals surface area contributed by atoms with Crippen molar-refractivity contribution in [2.45, 2.75) is 26.3 Å². The summed E-state index contributed by atoms with van der Waals surface area (Å²) in [6, 6.07) is 15.1. The fourth-order valence-electron chi connectivity index (χ4n) is 2.65. The molecule has 2 heteroatoms. The van der Waals surface area contributed by atoms with Gasteiger partial charge in [0.2, 0.25) is 0 Å². The summed E-state index contributed by atoms with van der Waals surface area (Å²) in [5.41, 5.74) is 1.00. The molecule has 3 rings (SSSR count). The third-order valence-electron chi connectivity index (χ3n) is 3.63. The lowest BCUT2D eigenvalue weighted by Gasteiger charge is -2.12. The first-order valence-electron chi connectivity index (χ1n) is 6.98. The van der Waals surface area contributed by atoms with E-state index in [9.17, 15) is 0 Å². The summed E-state index contributed by atoms with van der Waals surface area (Å²) in [7, 11) is 0. The number of furan rings is 1.